The summed E-state index contributed by atoms with van der Waals surface area (Å²) in [6, 6.07) is 0. The number of ether oxygens (including phenoxy) is 1. The third-order valence-electron chi connectivity index (χ3n) is 1.99. The lowest BCUT2D eigenvalue weighted by Crippen LogP contribution is -2.37. The van der Waals surface area contributed by atoms with Crippen LogP contribution in [0.5, 0.6) is 0 Å². The van der Waals surface area contributed by atoms with Crippen LogP contribution in [0.1, 0.15) is 26.7 Å². The third kappa shape index (κ3) is 1.96. The molecule has 0 saturated heterocycles. The van der Waals surface area contributed by atoms with Crippen molar-refractivity contribution in [2.75, 3.05) is 6.54 Å². The van der Waals surface area contributed by atoms with E-state index in [1.807, 2.05) is 0 Å². The summed E-state index contributed by atoms with van der Waals surface area (Å²) < 4.78 is 5.56. The second-order valence-electron chi connectivity index (χ2n) is 3.38. The van der Waals surface area contributed by atoms with Crippen molar-refractivity contribution < 1.29 is 4.74 Å². The highest BCUT2D eigenvalue weighted by molar-refractivity contribution is 4.80. The molecule has 0 amide bonds. The minimum absolute atomic E-state index is 0.378. The van der Waals surface area contributed by atoms with Crippen molar-refractivity contribution in [1.29, 1.82) is 0 Å². The summed E-state index contributed by atoms with van der Waals surface area (Å²) in [6.07, 6.45) is 3.24. The van der Waals surface area contributed by atoms with Gasteiger partial charge in [0, 0.05) is 0 Å². The Bertz CT molecular complexity index is 97.4. The van der Waals surface area contributed by atoms with Crippen LogP contribution in [0, 0.1) is 5.92 Å². The van der Waals surface area contributed by atoms with Gasteiger partial charge >= 0.3 is 0 Å². The second-order valence-corrected chi connectivity index (χ2v) is 3.38. The first-order valence-corrected chi connectivity index (χ1v) is 4.08. The number of nitrogens with two attached hydrogens (primary N) is 1. The fraction of sp³-hybridized carbons (Fsp3) is 1.00. The zero-order valence-corrected chi connectivity index (χ0v) is 6.84. The maximum atomic E-state index is 5.56. The van der Waals surface area contributed by atoms with E-state index in [2.05, 4.69) is 13.8 Å². The van der Waals surface area contributed by atoms with Crippen molar-refractivity contribution >= 4 is 0 Å². The van der Waals surface area contributed by atoms with Crippen molar-refractivity contribution in [3.63, 3.8) is 0 Å². The number of hydrogen-bond donors (Lipinski definition) is 1. The molecule has 2 heteroatoms. The van der Waals surface area contributed by atoms with Gasteiger partial charge in [-0.05, 0) is 39.2 Å². The summed E-state index contributed by atoms with van der Waals surface area (Å²) in [5.41, 5.74) is 5.47. The molecule has 0 aromatic carbocycles. The van der Waals surface area contributed by atoms with Crippen LogP contribution in [0.15, 0.2) is 0 Å². The zero-order chi connectivity index (χ0) is 7.56. The normalized spacial score (nSPS) is 32.4. The lowest BCUT2D eigenvalue weighted by molar-refractivity contribution is -0.0596. The summed E-state index contributed by atoms with van der Waals surface area (Å²) in [5, 5.41) is 0. The Balaban J connectivity index is 2.03. The highest BCUT2D eigenvalue weighted by Gasteiger charge is 2.28. The highest BCUT2D eigenvalue weighted by Crippen LogP contribution is 2.29. The second kappa shape index (κ2) is 3.35. The molecule has 0 heterocycles. The molecule has 10 heavy (non-hydrogen) atoms. The number of hydrogen-bond acceptors (Lipinski definition) is 2. The van der Waals surface area contributed by atoms with Crippen LogP contribution in [-0.2, 0) is 4.74 Å². The summed E-state index contributed by atoms with van der Waals surface area (Å²) in [6.45, 7) is 4.99. The molecule has 0 spiro atoms. The molecule has 1 rings (SSSR count). The Hall–Kier alpha value is -0.0800. The van der Waals surface area contributed by atoms with Gasteiger partial charge in [-0.3, -0.25) is 0 Å². The molecule has 0 aromatic rings. The highest BCUT2D eigenvalue weighted by atomic mass is 16.5. The topological polar surface area (TPSA) is 35.2 Å². The first-order valence-electron chi connectivity index (χ1n) is 4.08. The summed E-state index contributed by atoms with van der Waals surface area (Å²) in [4.78, 5) is 0. The van der Waals surface area contributed by atoms with E-state index < -0.39 is 0 Å². The lowest BCUT2D eigenvalue weighted by Gasteiger charge is -2.35. The van der Waals surface area contributed by atoms with Gasteiger partial charge in [-0.1, -0.05) is 0 Å². The van der Waals surface area contributed by atoms with Crippen LogP contribution in [0.25, 0.3) is 0 Å². The van der Waals surface area contributed by atoms with Gasteiger partial charge in [-0.15, -0.1) is 0 Å². The van der Waals surface area contributed by atoms with E-state index in [0.717, 1.165) is 12.5 Å². The monoisotopic (exact) mass is 143 g/mol. The maximum absolute atomic E-state index is 5.56. The minimum atomic E-state index is 0.378. The molecular weight excluding hydrogens is 126 g/mol. The van der Waals surface area contributed by atoms with E-state index in [-0.39, 0.29) is 0 Å². The zero-order valence-electron chi connectivity index (χ0n) is 6.84. The number of rotatable bonds is 3. The molecule has 1 saturated carbocycles. The Morgan fingerprint density at radius 3 is 2.50 bits per heavy atom. The molecule has 60 valence electrons. The average Bonchev–Trinajstić information content (AvgIpc) is 1.76. The van der Waals surface area contributed by atoms with Crippen LogP contribution in [0.3, 0.4) is 0 Å². The Morgan fingerprint density at radius 1 is 1.50 bits per heavy atom. The van der Waals surface area contributed by atoms with Crippen LogP contribution in [-0.4, -0.2) is 18.8 Å². The fourth-order valence-corrected chi connectivity index (χ4v) is 1.36. The maximum Gasteiger partial charge on any atom is 0.0584 e. The van der Waals surface area contributed by atoms with Gasteiger partial charge in [0.15, 0.2) is 0 Å². The van der Waals surface area contributed by atoms with Gasteiger partial charge in [0.1, 0.15) is 0 Å². The Labute approximate surface area is 62.7 Å². The fourth-order valence-electron chi connectivity index (χ4n) is 1.36. The smallest absolute Gasteiger partial charge is 0.0584 e. The molecule has 0 aromatic heterocycles. The van der Waals surface area contributed by atoms with Crippen LogP contribution in [0.4, 0.5) is 0 Å². The van der Waals surface area contributed by atoms with Crippen LogP contribution >= 0.6 is 0 Å². The summed E-state index contributed by atoms with van der Waals surface area (Å²) in [7, 11) is 0. The van der Waals surface area contributed by atoms with Gasteiger partial charge in [0.05, 0.1) is 12.2 Å². The average molecular weight is 143 g/mol. The van der Waals surface area contributed by atoms with Crippen molar-refractivity contribution in [3.05, 3.63) is 0 Å². The molecule has 0 unspecified atom stereocenters. The molecule has 2 N–H and O–H groups in total. The van der Waals surface area contributed by atoms with Crippen molar-refractivity contribution in [1.82, 2.24) is 0 Å². The van der Waals surface area contributed by atoms with Gasteiger partial charge in [-0.25, -0.2) is 0 Å². The molecule has 1 aliphatic carbocycles. The standard InChI is InChI=1S/C8H17NO/c1-6(2)10-8-3-7(4-8)5-9/h6-8H,3-5,9H2,1-2H3. The minimum Gasteiger partial charge on any atom is -0.376 e. The largest absolute Gasteiger partial charge is 0.376 e. The van der Waals surface area contributed by atoms with E-state index >= 15 is 0 Å². The van der Waals surface area contributed by atoms with Crippen LogP contribution in [0.2, 0.25) is 0 Å². The summed E-state index contributed by atoms with van der Waals surface area (Å²) in [5.74, 6) is 0.740. The first kappa shape index (κ1) is 8.02. The SMILES string of the molecule is CC(C)OC1CC(CN)C1. The van der Waals surface area contributed by atoms with Crippen molar-refractivity contribution in [3.8, 4) is 0 Å². The molecule has 1 aliphatic rings. The van der Waals surface area contributed by atoms with E-state index in [4.69, 9.17) is 10.5 Å². The Kier molecular flexibility index (Phi) is 2.69. The molecule has 0 radical (unpaired) electrons. The molecule has 0 atom stereocenters. The van der Waals surface area contributed by atoms with Crippen molar-refractivity contribution in [2.24, 2.45) is 11.7 Å². The molecule has 0 bridgehead atoms. The van der Waals surface area contributed by atoms with Crippen molar-refractivity contribution in [2.45, 2.75) is 38.9 Å². The Morgan fingerprint density at radius 2 is 2.10 bits per heavy atom. The van der Waals surface area contributed by atoms with E-state index in [1.165, 1.54) is 12.8 Å². The van der Waals surface area contributed by atoms with E-state index in [0.29, 0.717) is 12.2 Å². The molecule has 2 nitrogen and oxygen atoms in total. The van der Waals surface area contributed by atoms with E-state index in [1.54, 1.807) is 0 Å². The molecular formula is C8H17NO. The van der Waals surface area contributed by atoms with Crippen LogP contribution < -0.4 is 5.73 Å². The van der Waals surface area contributed by atoms with Gasteiger partial charge in [0.25, 0.3) is 0 Å². The van der Waals surface area contributed by atoms with Gasteiger partial charge in [0.2, 0.25) is 0 Å². The van der Waals surface area contributed by atoms with Gasteiger partial charge < -0.3 is 10.5 Å². The van der Waals surface area contributed by atoms with Gasteiger partial charge in [-0.2, -0.15) is 0 Å². The first-order chi connectivity index (χ1) is 4.72. The quantitative estimate of drug-likeness (QED) is 0.643. The summed E-state index contributed by atoms with van der Waals surface area (Å²) >= 11 is 0. The lowest BCUT2D eigenvalue weighted by atomic mass is 9.82. The predicted octanol–water partition coefficient (Wildman–Crippen LogP) is 1.15. The third-order valence-corrected chi connectivity index (χ3v) is 1.99. The van der Waals surface area contributed by atoms with E-state index in [9.17, 15) is 0 Å². The predicted molar refractivity (Wildman–Crippen MR) is 41.8 cm³/mol. The molecule has 1 fully saturated rings. The molecule has 0 aliphatic heterocycles.